The molecule has 0 unspecified atom stereocenters. The Hall–Kier alpha value is -3.73. The van der Waals surface area contributed by atoms with Crippen LogP contribution in [-0.2, 0) is 42.0 Å². The third-order valence-corrected chi connectivity index (χ3v) is 10.2. The number of carbonyl (C=O) groups excluding carboxylic acids is 3. The van der Waals surface area contributed by atoms with Crippen LogP contribution >= 0.6 is 0 Å². The van der Waals surface area contributed by atoms with Crippen molar-refractivity contribution in [3.8, 4) is 11.5 Å². The summed E-state index contributed by atoms with van der Waals surface area (Å²) >= 11 is 0. The number of ether oxygens (including phenoxy) is 2. The summed E-state index contributed by atoms with van der Waals surface area (Å²) in [6.45, 7) is 1.04. The molecule has 0 aliphatic carbocycles. The summed E-state index contributed by atoms with van der Waals surface area (Å²) in [6, 6.07) is 9.57. The largest absolute Gasteiger partial charge is 0.457 e. The van der Waals surface area contributed by atoms with E-state index in [2.05, 4.69) is 10.6 Å². The number of fused-ring (bicyclic) bond motifs is 4. The van der Waals surface area contributed by atoms with E-state index < -0.39 is 58.6 Å². The van der Waals surface area contributed by atoms with E-state index in [1.54, 1.807) is 48.5 Å². The molecule has 2 aromatic rings. The van der Waals surface area contributed by atoms with Crippen molar-refractivity contribution in [1.29, 1.82) is 0 Å². The van der Waals surface area contributed by atoms with Gasteiger partial charge in [0.05, 0.1) is 19.0 Å². The van der Waals surface area contributed by atoms with Crippen molar-refractivity contribution in [2.24, 2.45) is 0 Å². The van der Waals surface area contributed by atoms with Gasteiger partial charge in [-0.3, -0.25) is 19.3 Å². The summed E-state index contributed by atoms with van der Waals surface area (Å²) < 4.78 is 77.6. The maximum Gasteiger partial charge on any atom is 0.405 e. The van der Waals surface area contributed by atoms with E-state index in [0.29, 0.717) is 61.9 Å². The topological polar surface area (TPSA) is 146 Å². The smallest absolute Gasteiger partial charge is 0.405 e. The number of carbonyl (C=O) groups is 3. The lowest BCUT2D eigenvalue weighted by molar-refractivity contribution is -0.141. The highest BCUT2D eigenvalue weighted by Gasteiger charge is 2.40. The molecule has 256 valence electrons. The average molecular weight is 682 g/mol. The number of sulfonamides is 1. The first-order valence-electron chi connectivity index (χ1n) is 15.5. The second-order valence-corrected chi connectivity index (χ2v) is 13.8. The van der Waals surface area contributed by atoms with Gasteiger partial charge in [0.15, 0.2) is 0 Å². The summed E-state index contributed by atoms with van der Waals surface area (Å²) in [4.78, 5) is 42.9. The molecule has 3 heterocycles. The Morgan fingerprint density at radius 1 is 0.936 bits per heavy atom. The highest BCUT2D eigenvalue weighted by Crippen LogP contribution is 2.27. The lowest BCUT2D eigenvalue weighted by Crippen LogP contribution is -2.58. The van der Waals surface area contributed by atoms with Crippen molar-refractivity contribution < 1.29 is 45.4 Å². The molecule has 2 saturated heterocycles. The molecule has 0 spiro atoms. The fourth-order valence-electron chi connectivity index (χ4n) is 5.87. The molecule has 2 fully saturated rings. The number of rotatable bonds is 6. The Morgan fingerprint density at radius 2 is 1.60 bits per heavy atom. The molecule has 16 heteroatoms. The summed E-state index contributed by atoms with van der Waals surface area (Å²) in [7, 11) is -3.76. The molecule has 4 bridgehead atoms. The zero-order chi connectivity index (χ0) is 33.6. The van der Waals surface area contributed by atoms with Crippen LogP contribution in [-0.4, -0.2) is 111 Å². The molecule has 3 aliphatic heterocycles. The number of hydrogen-bond donors (Lipinski definition) is 3. The van der Waals surface area contributed by atoms with E-state index in [1.165, 1.54) is 0 Å². The molecule has 12 nitrogen and oxygen atoms in total. The second kappa shape index (κ2) is 15.0. The Kier molecular flexibility index (Phi) is 11.0. The normalized spacial score (nSPS) is 24.5. The zero-order valence-electron chi connectivity index (χ0n) is 25.6. The number of morpholine rings is 1. The predicted molar refractivity (Wildman–Crippen MR) is 164 cm³/mol. The van der Waals surface area contributed by atoms with E-state index in [9.17, 15) is 36.0 Å². The van der Waals surface area contributed by atoms with Crippen molar-refractivity contribution >= 4 is 27.7 Å². The highest BCUT2D eigenvalue weighted by atomic mass is 32.2. The van der Waals surface area contributed by atoms with E-state index in [0.717, 1.165) is 4.31 Å². The molecule has 3 N–H and O–H groups in total. The summed E-state index contributed by atoms with van der Waals surface area (Å²) in [5.74, 6) is -1.90. The van der Waals surface area contributed by atoms with E-state index in [1.807, 2.05) is 10.2 Å². The van der Waals surface area contributed by atoms with Gasteiger partial charge in [-0.2, -0.15) is 17.5 Å². The van der Waals surface area contributed by atoms with Crippen molar-refractivity contribution in [3.05, 3.63) is 59.7 Å². The number of benzene rings is 2. The van der Waals surface area contributed by atoms with E-state index >= 15 is 0 Å². The number of nitrogens with zero attached hydrogens (tertiary/aromatic N) is 2. The van der Waals surface area contributed by atoms with Crippen LogP contribution in [0.1, 0.15) is 24.0 Å². The van der Waals surface area contributed by atoms with Gasteiger partial charge < -0.3 is 25.4 Å². The van der Waals surface area contributed by atoms with Gasteiger partial charge in [0, 0.05) is 32.6 Å². The van der Waals surface area contributed by atoms with Crippen LogP contribution in [0.25, 0.3) is 0 Å². The van der Waals surface area contributed by atoms with Crippen LogP contribution in [0, 0.1) is 0 Å². The van der Waals surface area contributed by atoms with Crippen molar-refractivity contribution in [3.63, 3.8) is 0 Å². The first-order valence-corrected chi connectivity index (χ1v) is 17.1. The molecule has 0 aromatic heterocycles. The predicted octanol–water partition coefficient (Wildman–Crippen LogP) is 1.35. The van der Waals surface area contributed by atoms with Gasteiger partial charge in [-0.05, 0) is 54.7 Å². The SMILES string of the molecule is O=C(NCC(F)(F)F)[C@@H]1Cc2cccc(c2)Oc2cccc(c2)C[C@H](N2CCCS2(=O)=O)C(=O)N[C@@H](CCN2CCOCC2)C(=O)N1. The Bertz CT molecular complexity index is 1550. The molecule has 2 aromatic carbocycles. The van der Waals surface area contributed by atoms with Gasteiger partial charge in [-0.25, -0.2) is 8.42 Å². The molecule has 0 radical (unpaired) electrons. The Labute approximate surface area is 271 Å². The van der Waals surface area contributed by atoms with Crippen LogP contribution < -0.4 is 20.7 Å². The Balaban J connectivity index is 1.51. The van der Waals surface area contributed by atoms with Crippen molar-refractivity contribution in [1.82, 2.24) is 25.2 Å². The number of alkyl halides is 3. The quantitative estimate of drug-likeness (QED) is 0.415. The molecular formula is C31H38F3N5O7S. The molecule has 3 amide bonds. The van der Waals surface area contributed by atoms with Crippen molar-refractivity contribution in [2.75, 3.05) is 51.7 Å². The molecule has 3 aliphatic rings. The maximum absolute atomic E-state index is 14.0. The molecule has 47 heavy (non-hydrogen) atoms. The minimum Gasteiger partial charge on any atom is -0.457 e. The standard InChI is InChI=1S/C31H38F3N5O7S/c32-31(33,34)20-35-28(40)26-18-21-4-1-6-23(16-21)46-24-7-2-5-22(17-24)19-27(39-9-3-15-47(39,43)44)30(42)36-25(29(41)37-26)8-10-38-11-13-45-14-12-38/h1-2,4-7,16-17,25-27H,3,8-15,18-20H2,(H,35,40)(H,36,42)(H,37,41)/t25-,26-,27-/m0/s1. The lowest BCUT2D eigenvalue weighted by atomic mass is 10.0. The summed E-state index contributed by atoms with van der Waals surface area (Å²) in [5, 5.41) is 7.13. The molecule has 5 rings (SSSR count). The molecular weight excluding hydrogens is 643 g/mol. The average Bonchev–Trinajstić information content (AvgIpc) is 3.38. The minimum absolute atomic E-state index is 0.0113. The fraction of sp³-hybridized carbons (Fsp3) is 0.516. The third kappa shape index (κ3) is 9.65. The zero-order valence-corrected chi connectivity index (χ0v) is 26.4. The van der Waals surface area contributed by atoms with Crippen LogP contribution in [0.5, 0.6) is 11.5 Å². The monoisotopic (exact) mass is 681 g/mol. The van der Waals surface area contributed by atoms with Gasteiger partial charge in [0.25, 0.3) is 0 Å². The van der Waals surface area contributed by atoms with E-state index in [4.69, 9.17) is 9.47 Å². The third-order valence-electron chi connectivity index (χ3n) is 8.26. The number of nitrogens with one attached hydrogen (secondary N) is 3. The number of amides is 3. The van der Waals surface area contributed by atoms with Crippen LogP contribution in [0.3, 0.4) is 0 Å². The second-order valence-electron chi connectivity index (χ2n) is 11.8. The van der Waals surface area contributed by atoms with Gasteiger partial charge >= 0.3 is 6.18 Å². The summed E-state index contributed by atoms with van der Waals surface area (Å²) in [6.07, 6.45) is -4.44. The molecule has 3 atom stereocenters. The fourth-order valence-corrected chi connectivity index (χ4v) is 7.56. The highest BCUT2D eigenvalue weighted by molar-refractivity contribution is 7.89. The number of hydrogen-bond acceptors (Lipinski definition) is 8. The van der Waals surface area contributed by atoms with Gasteiger partial charge in [-0.1, -0.05) is 24.3 Å². The van der Waals surface area contributed by atoms with Gasteiger partial charge in [0.1, 0.15) is 36.2 Å². The first kappa shape index (κ1) is 34.6. The van der Waals surface area contributed by atoms with Crippen molar-refractivity contribution in [2.45, 2.75) is 50.0 Å². The molecule has 0 saturated carbocycles. The van der Waals surface area contributed by atoms with Crippen LogP contribution in [0.15, 0.2) is 48.5 Å². The summed E-state index contributed by atoms with van der Waals surface area (Å²) in [5.41, 5.74) is 1.13. The lowest BCUT2D eigenvalue weighted by Gasteiger charge is -2.31. The maximum atomic E-state index is 14.0. The number of halogens is 3. The van der Waals surface area contributed by atoms with Crippen LogP contribution in [0.2, 0.25) is 0 Å². The van der Waals surface area contributed by atoms with Gasteiger partial charge in [0.2, 0.25) is 27.7 Å². The first-order chi connectivity index (χ1) is 22.4. The van der Waals surface area contributed by atoms with Gasteiger partial charge in [-0.15, -0.1) is 0 Å². The van der Waals surface area contributed by atoms with E-state index in [-0.39, 0.29) is 31.6 Å². The van der Waals surface area contributed by atoms with Crippen LogP contribution in [0.4, 0.5) is 13.2 Å². The minimum atomic E-state index is -4.68. The Morgan fingerprint density at radius 3 is 2.21 bits per heavy atom.